The molecule has 1 aliphatic carbocycles. The molecule has 1 aromatic rings. The molecule has 1 aromatic carbocycles. The Morgan fingerprint density at radius 2 is 2.00 bits per heavy atom. The van der Waals surface area contributed by atoms with Crippen molar-refractivity contribution >= 4 is 0 Å². The Bertz CT molecular complexity index is 421. The van der Waals surface area contributed by atoms with Crippen LogP contribution in [0.4, 0.5) is 0 Å². The Labute approximate surface area is 115 Å². The summed E-state index contributed by atoms with van der Waals surface area (Å²) in [4.78, 5) is 0. The van der Waals surface area contributed by atoms with Gasteiger partial charge in [0.05, 0.1) is 0 Å². The molecular formula is C16H22N2O. The van der Waals surface area contributed by atoms with E-state index in [-0.39, 0.29) is 6.61 Å². The molecule has 2 atom stereocenters. The fourth-order valence-electron chi connectivity index (χ4n) is 2.69. The molecule has 102 valence electrons. The molecule has 0 spiro atoms. The number of nitrogens with zero attached hydrogens (tertiary/aromatic N) is 1. The van der Waals surface area contributed by atoms with Gasteiger partial charge in [0.2, 0.25) is 0 Å². The fourth-order valence-corrected chi connectivity index (χ4v) is 2.69. The highest BCUT2D eigenvalue weighted by molar-refractivity contribution is 5.27. The van der Waals surface area contributed by atoms with Gasteiger partial charge in [-0.25, -0.2) is 0 Å². The lowest BCUT2D eigenvalue weighted by Crippen LogP contribution is -2.36. The lowest BCUT2D eigenvalue weighted by molar-refractivity contribution is 0.279. The molecular weight excluding hydrogens is 236 g/mol. The maximum atomic E-state index is 8.45. The van der Waals surface area contributed by atoms with Gasteiger partial charge >= 0.3 is 0 Å². The molecule has 19 heavy (non-hydrogen) atoms. The number of rotatable bonds is 5. The SMILES string of the molecule is CC1CCCCC1NCc1ccc(OCC#N)cc1. The Hall–Kier alpha value is -1.53. The largest absolute Gasteiger partial charge is 0.479 e. The molecule has 0 aliphatic heterocycles. The van der Waals surface area contributed by atoms with E-state index in [1.807, 2.05) is 18.2 Å². The zero-order valence-corrected chi connectivity index (χ0v) is 11.6. The van der Waals surface area contributed by atoms with E-state index in [1.54, 1.807) is 0 Å². The lowest BCUT2D eigenvalue weighted by atomic mass is 9.86. The molecule has 3 nitrogen and oxygen atoms in total. The first-order chi connectivity index (χ1) is 9.29. The maximum absolute atomic E-state index is 8.45. The smallest absolute Gasteiger partial charge is 0.174 e. The molecule has 0 amide bonds. The van der Waals surface area contributed by atoms with Crippen molar-refractivity contribution < 1.29 is 4.74 Å². The summed E-state index contributed by atoms with van der Waals surface area (Å²) in [5.41, 5.74) is 1.27. The van der Waals surface area contributed by atoms with Crippen LogP contribution in [0.2, 0.25) is 0 Å². The highest BCUT2D eigenvalue weighted by Gasteiger charge is 2.20. The zero-order valence-electron chi connectivity index (χ0n) is 11.6. The van der Waals surface area contributed by atoms with Crippen LogP contribution in [0.5, 0.6) is 5.75 Å². The second-order valence-electron chi connectivity index (χ2n) is 5.34. The highest BCUT2D eigenvalue weighted by atomic mass is 16.5. The monoisotopic (exact) mass is 258 g/mol. The van der Waals surface area contributed by atoms with E-state index in [4.69, 9.17) is 10.00 Å². The molecule has 0 radical (unpaired) electrons. The molecule has 0 saturated heterocycles. The molecule has 0 aromatic heterocycles. The number of ether oxygens (including phenoxy) is 1. The van der Waals surface area contributed by atoms with Crippen LogP contribution in [0, 0.1) is 17.2 Å². The summed E-state index contributed by atoms with van der Waals surface area (Å²) in [7, 11) is 0. The number of nitriles is 1. The third-order valence-corrected chi connectivity index (χ3v) is 3.91. The van der Waals surface area contributed by atoms with Crippen LogP contribution in [0.1, 0.15) is 38.2 Å². The maximum Gasteiger partial charge on any atom is 0.174 e. The molecule has 2 rings (SSSR count). The van der Waals surface area contributed by atoms with Crippen LogP contribution in [-0.2, 0) is 6.54 Å². The van der Waals surface area contributed by atoms with Gasteiger partial charge in [-0.2, -0.15) is 5.26 Å². The van der Waals surface area contributed by atoms with Crippen molar-refractivity contribution in [1.82, 2.24) is 5.32 Å². The number of benzene rings is 1. The van der Waals surface area contributed by atoms with Crippen LogP contribution in [0.15, 0.2) is 24.3 Å². The fraction of sp³-hybridized carbons (Fsp3) is 0.562. The van der Waals surface area contributed by atoms with Gasteiger partial charge in [0, 0.05) is 12.6 Å². The molecule has 0 bridgehead atoms. The van der Waals surface area contributed by atoms with Crippen molar-refractivity contribution in [2.24, 2.45) is 5.92 Å². The van der Waals surface area contributed by atoms with Crippen LogP contribution in [0.25, 0.3) is 0 Å². The van der Waals surface area contributed by atoms with E-state index in [1.165, 1.54) is 31.2 Å². The first-order valence-corrected chi connectivity index (χ1v) is 7.11. The summed E-state index contributed by atoms with van der Waals surface area (Å²) in [6, 6.07) is 10.6. The topological polar surface area (TPSA) is 45.0 Å². The summed E-state index contributed by atoms with van der Waals surface area (Å²) in [5.74, 6) is 1.54. The number of hydrogen-bond donors (Lipinski definition) is 1. The van der Waals surface area contributed by atoms with E-state index in [2.05, 4.69) is 24.4 Å². The molecule has 3 heteroatoms. The van der Waals surface area contributed by atoms with Crippen molar-refractivity contribution in [2.45, 2.75) is 45.2 Å². The number of hydrogen-bond acceptors (Lipinski definition) is 3. The second kappa shape index (κ2) is 7.16. The Morgan fingerprint density at radius 1 is 1.26 bits per heavy atom. The van der Waals surface area contributed by atoms with Gasteiger partial charge in [0.1, 0.15) is 11.8 Å². The van der Waals surface area contributed by atoms with E-state index in [0.29, 0.717) is 6.04 Å². The van der Waals surface area contributed by atoms with E-state index in [0.717, 1.165) is 18.2 Å². The Kier molecular flexibility index (Phi) is 5.23. The van der Waals surface area contributed by atoms with Crippen molar-refractivity contribution in [3.63, 3.8) is 0 Å². The van der Waals surface area contributed by atoms with Crippen molar-refractivity contribution in [3.8, 4) is 11.8 Å². The zero-order chi connectivity index (χ0) is 13.5. The number of nitrogens with one attached hydrogen (secondary N) is 1. The average molecular weight is 258 g/mol. The van der Waals surface area contributed by atoms with Gasteiger partial charge < -0.3 is 10.1 Å². The second-order valence-corrected chi connectivity index (χ2v) is 5.34. The lowest BCUT2D eigenvalue weighted by Gasteiger charge is -2.29. The van der Waals surface area contributed by atoms with Gasteiger partial charge in [-0.15, -0.1) is 0 Å². The van der Waals surface area contributed by atoms with Gasteiger partial charge in [0.15, 0.2) is 6.61 Å². The van der Waals surface area contributed by atoms with Gasteiger partial charge in [-0.05, 0) is 36.5 Å². The first kappa shape index (κ1) is 13.9. The summed E-state index contributed by atoms with van der Waals surface area (Å²) < 4.78 is 5.24. The summed E-state index contributed by atoms with van der Waals surface area (Å²) in [6.07, 6.45) is 5.37. The Balaban J connectivity index is 1.81. The van der Waals surface area contributed by atoms with Gasteiger partial charge in [-0.1, -0.05) is 31.9 Å². The molecule has 2 unspecified atom stereocenters. The quantitative estimate of drug-likeness (QED) is 0.881. The third-order valence-electron chi connectivity index (χ3n) is 3.91. The van der Waals surface area contributed by atoms with Gasteiger partial charge in [-0.3, -0.25) is 0 Å². The van der Waals surface area contributed by atoms with E-state index >= 15 is 0 Å². The predicted octanol–water partition coefficient (Wildman–Crippen LogP) is 3.26. The van der Waals surface area contributed by atoms with Crippen LogP contribution >= 0.6 is 0 Å². The highest BCUT2D eigenvalue weighted by Crippen LogP contribution is 2.24. The molecule has 0 heterocycles. The molecule has 1 aliphatic rings. The van der Waals surface area contributed by atoms with Crippen molar-refractivity contribution in [1.29, 1.82) is 5.26 Å². The minimum Gasteiger partial charge on any atom is -0.479 e. The molecule has 1 saturated carbocycles. The minimum absolute atomic E-state index is 0.108. The molecule has 1 fully saturated rings. The van der Waals surface area contributed by atoms with Crippen molar-refractivity contribution in [3.05, 3.63) is 29.8 Å². The Morgan fingerprint density at radius 3 is 2.68 bits per heavy atom. The normalized spacial score (nSPS) is 22.7. The summed E-state index contributed by atoms with van der Waals surface area (Å²) in [5, 5.41) is 12.1. The van der Waals surface area contributed by atoms with Crippen LogP contribution < -0.4 is 10.1 Å². The third kappa shape index (κ3) is 4.25. The van der Waals surface area contributed by atoms with Crippen molar-refractivity contribution in [2.75, 3.05) is 6.61 Å². The summed E-state index contributed by atoms with van der Waals surface area (Å²) >= 11 is 0. The predicted molar refractivity (Wildman–Crippen MR) is 75.8 cm³/mol. The van der Waals surface area contributed by atoms with E-state index < -0.39 is 0 Å². The van der Waals surface area contributed by atoms with Crippen LogP contribution in [-0.4, -0.2) is 12.6 Å². The molecule has 1 N–H and O–H groups in total. The van der Waals surface area contributed by atoms with Crippen LogP contribution in [0.3, 0.4) is 0 Å². The average Bonchev–Trinajstić information content (AvgIpc) is 2.45. The summed E-state index contributed by atoms with van der Waals surface area (Å²) in [6.45, 7) is 3.36. The minimum atomic E-state index is 0.108. The van der Waals surface area contributed by atoms with Gasteiger partial charge in [0.25, 0.3) is 0 Å². The standard InChI is InChI=1S/C16H22N2O/c1-13-4-2-3-5-16(13)18-12-14-6-8-15(9-7-14)19-11-10-17/h6-9,13,16,18H,2-5,11-12H2,1H3. The van der Waals surface area contributed by atoms with E-state index in [9.17, 15) is 0 Å². The first-order valence-electron chi connectivity index (χ1n) is 7.11.